The van der Waals surface area contributed by atoms with E-state index < -0.39 is 0 Å². The van der Waals surface area contributed by atoms with Gasteiger partial charge in [0.05, 0.1) is 18.0 Å². The van der Waals surface area contributed by atoms with Crippen LogP contribution < -0.4 is 0 Å². The van der Waals surface area contributed by atoms with Gasteiger partial charge < -0.3 is 9.84 Å². The first-order chi connectivity index (χ1) is 10.4. The zero-order valence-corrected chi connectivity index (χ0v) is 12.1. The van der Waals surface area contributed by atoms with Gasteiger partial charge in [-0.15, -0.1) is 0 Å². The van der Waals surface area contributed by atoms with E-state index in [0.717, 1.165) is 40.7 Å². The van der Waals surface area contributed by atoms with Crippen LogP contribution in [0, 0.1) is 0 Å². The van der Waals surface area contributed by atoms with E-state index in [2.05, 4.69) is 15.1 Å². The summed E-state index contributed by atoms with van der Waals surface area (Å²) >= 11 is 1.52. The molecule has 1 atom stereocenters. The molecule has 0 saturated carbocycles. The summed E-state index contributed by atoms with van der Waals surface area (Å²) in [6, 6.07) is 3.79. The van der Waals surface area contributed by atoms with Crippen LogP contribution in [0.25, 0.3) is 16.2 Å². The molecule has 1 unspecified atom stereocenters. The van der Waals surface area contributed by atoms with Gasteiger partial charge in [0.2, 0.25) is 4.96 Å². The van der Waals surface area contributed by atoms with Gasteiger partial charge in [-0.25, -0.2) is 9.50 Å². The van der Waals surface area contributed by atoms with E-state index in [0.29, 0.717) is 5.69 Å². The van der Waals surface area contributed by atoms with Crippen molar-refractivity contribution in [3.8, 4) is 11.3 Å². The number of hydrogen-bond donors (Lipinski definition) is 1. The third-order valence-corrected chi connectivity index (χ3v) is 4.60. The Morgan fingerprint density at radius 2 is 2.43 bits per heavy atom. The van der Waals surface area contributed by atoms with Crippen LogP contribution in [0.15, 0.2) is 24.5 Å². The van der Waals surface area contributed by atoms with Crippen LogP contribution in [0.4, 0.5) is 0 Å². The number of ether oxygens (including phenoxy) is 1. The third kappa shape index (κ3) is 2.14. The second-order valence-electron chi connectivity index (χ2n) is 4.94. The van der Waals surface area contributed by atoms with Crippen LogP contribution in [-0.4, -0.2) is 31.3 Å². The number of pyridine rings is 1. The molecule has 1 N–H and O–H groups in total. The van der Waals surface area contributed by atoms with Gasteiger partial charge in [-0.05, 0) is 25.0 Å². The highest BCUT2D eigenvalue weighted by molar-refractivity contribution is 7.16. The Kier molecular flexibility index (Phi) is 3.17. The first kappa shape index (κ1) is 12.9. The molecule has 6 nitrogen and oxygen atoms in total. The zero-order valence-electron chi connectivity index (χ0n) is 11.3. The van der Waals surface area contributed by atoms with E-state index in [1.54, 1.807) is 16.9 Å². The highest BCUT2D eigenvalue weighted by Gasteiger charge is 2.24. The second kappa shape index (κ2) is 5.18. The maximum Gasteiger partial charge on any atom is 0.213 e. The Bertz CT molecular complexity index is 762. The number of fused-ring (bicyclic) bond motifs is 1. The number of nitrogens with zero attached hydrogens (tertiary/aromatic N) is 4. The number of rotatable bonds is 3. The topological polar surface area (TPSA) is 72.5 Å². The molecule has 1 fully saturated rings. The summed E-state index contributed by atoms with van der Waals surface area (Å²) in [6.07, 6.45) is 5.60. The van der Waals surface area contributed by atoms with E-state index in [1.807, 2.05) is 12.1 Å². The largest absolute Gasteiger partial charge is 0.390 e. The molecule has 0 spiro atoms. The Morgan fingerprint density at radius 1 is 1.48 bits per heavy atom. The Balaban J connectivity index is 1.81. The molecule has 0 bridgehead atoms. The summed E-state index contributed by atoms with van der Waals surface area (Å²) < 4.78 is 7.39. The first-order valence-corrected chi connectivity index (χ1v) is 7.69. The minimum atomic E-state index is -0.111. The molecule has 108 valence electrons. The van der Waals surface area contributed by atoms with E-state index in [-0.39, 0.29) is 12.7 Å². The van der Waals surface area contributed by atoms with Gasteiger partial charge in [0.15, 0.2) is 0 Å². The average Bonchev–Trinajstić information content (AvgIpc) is 3.22. The van der Waals surface area contributed by atoms with E-state index in [9.17, 15) is 5.11 Å². The molecular weight excluding hydrogens is 288 g/mol. The van der Waals surface area contributed by atoms with E-state index in [1.165, 1.54) is 11.3 Å². The van der Waals surface area contributed by atoms with Crippen molar-refractivity contribution in [2.24, 2.45) is 0 Å². The second-order valence-corrected chi connectivity index (χ2v) is 5.93. The summed E-state index contributed by atoms with van der Waals surface area (Å²) in [5.41, 5.74) is 2.32. The van der Waals surface area contributed by atoms with E-state index >= 15 is 0 Å². The normalized spacial score (nSPS) is 18.6. The van der Waals surface area contributed by atoms with Crippen molar-refractivity contribution in [2.75, 3.05) is 6.61 Å². The van der Waals surface area contributed by atoms with Crippen molar-refractivity contribution >= 4 is 16.3 Å². The molecule has 3 aromatic rings. The summed E-state index contributed by atoms with van der Waals surface area (Å²) in [4.78, 5) is 9.49. The maximum atomic E-state index is 9.69. The van der Waals surface area contributed by atoms with Crippen LogP contribution in [0.3, 0.4) is 0 Å². The molecule has 0 radical (unpaired) electrons. The van der Waals surface area contributed by atoms with Crippen molar-refractivity contribution in [1.29, 1.82) is 0 Å². The lowest BCUT2D eigenvalue weighted by atomic mass is 10.2. The smallest absolute Gasteiger partial charge is 0.213 e. The van der Waals surface area contributed by atoms with Crippen molar-refractivity contribution in [3.05, 3.63) is 35.2 Å². The fourth-order valence-electron chi connectivity index (χ4n) is 2.58. The Labute approximate surface area is 125 Å². The average molecular weight is 302 g/mol. The van der Waals surface area contributed by atoms with Crippen LogP contribution in [0.2, 0.25) is 0 Å². The number of imidazole rings is 1. The Morgan fingerprint density at radius 3 is 3.14 bits per heavy atom. The highest BCUT2D eigenvalue weighted by Crippen LogP contribution is 2.33. The van der Waals surface area contributed by atoms with Crippen LogP contribution in [0.5, 0.6) is 0 Å². The SMILES string of the molecule is OCc1c(-c2cccnc2)nc2sc(C3CCCO3)nn12. The number of aliphatic hydroxyl groups excluding tert-OH is 1. The monoisotopic (exact) mass is 302 g/mol. The number of aromatic nitrogens is 4. The van der Waals surface area contributed by atoms with Crippen LogP contribution in [-0.2, 0) is 11.3 Å². The molecule has 3 aromatic heterocycles. The predicted octanol–water partition coefficient (Wildman–Crippen LogP) is 2.20. The molecule has 7 heteroatoms. The standard InChI is InChI=1S/C14H14N4O2S/c19-8-10-12(9-3-1-5-15-7-9)16-14-18(10)17-13(21-14)11-4-2-6-20-11/h1,3,5,7,11,19H,2,4,6,8H2. The zero-order chi connectivity index (χ0) is 14.2. The molecule has 1 aliphatic heterocycles. The van der Waals surface area contributed by atoms with Crippen molar-refractivity contribution < 1.29 is 9.84 Å². The van der Waals surface area contributed by atoms with Gasteiger partial charge in [0.1, 0.15) is 11.1 Å². The van der Waals surface area contributed by atoms with Crippen LogP contribution in [0.1, 0.15) is 29.6 Å². The molecule has 0 aliphatic carbocycles. The molecule has 0 aromatic carbocycles. The molecule has 1 aliphatic rings. The lowest BCUT2D eigenvalue weighted by Crippen LogP contribution is -2.00. The molecule has 4 rings (SSSR count). The van der Waals surface area contributed by atoms with Crippen molar-refractivity contribution in [2.45, 2.75) is 25.6 Å². The van der Waals surface area contributed by atoms with Gasteiger partial charge in [-0.1, -0.05) is 11.3 Å². The summed E-state index contributed by atoms with van der Waals surface area (Å²) in [7, 11) is 0. The minimum absolute atomic E-state index is 0.0742. The lowest BCUT2D eigenvalue weighted by Gasteiger charge is -2.03. The highest BCUT2D eigenvalue weighted by atomic mass is 32.1. The van der Waals surface area contributed by atoms with Gasteiger partial charge >= 0.3 is 0 Å². The van der Waals surface area contributed by atoms with Crippen molar-refractivity contribution in [1.82, 2.24) is 19.6 Å². The summed E-state index contributed by atoms with van der Waals surface area (Å²) in [5.74, 6) is 0. The van der Waals surface area contributed by atoms with Crippen LogP contribution >= 0.6 is 11.3 Å². The molecule has 1 saturated heterocycles. The molecular formula is C14H14N4O2S. The summed E-state index contributed by atoms with van der Waals surface area (Å²) in [6.45, 7) is 0.681. The van der Waals surface area contributed by atoms with Gasteiger partial charge in [0, 0.05) is 24.6 Å². The molecule has 0 amide bonds. The predicted molar refractivity (Wildman–Crippen MR) is 77.9 cm³/mol. The van der Waals surface area contributed by atoms with Crippen molar-refractivity contribution in [3.63, 3.8) is 0 Å². The fraction of sp³-hybridized carbons (Fsp3) is 0.357. The molecule has 21 heavy (non-hydrogen) atoms. The quantitative estimate of drug-likeness (QED) is 0.803. The van der Waals surface area contributed by atoms with Gasteiger partial charge in [-0.3, -0.25) is 4.98 Å². The first-order valence-electron chi connectivity index (χ1n) is 6.88. The minimum Gasteiger partial charge on any atom is -0.390 e. The third-order valence-electron chi connectivity index (χ3n) is 3.60. The fourth-order valence-corrected chi connectivity index (χ4v) is 3.58. The van der Waals surface area contributed by atoms with Gasteiger partial charge in [-0.2, -0.15) is 5.10 Å². The lowest BCUT2D eigenvalue weighted by molar-refractivity contribution is 0.111. The van der Waals surface area contributed by atoms with Gasteiger partial charge in [0.25, 0.3) is 0 Å². The molecule has 4 heterocycles. The summed E-state index contributed by atoms with van der Waals surface area (Å²) in [5, 5.41) is 15.2. The Hall–Kier alpha value is -1.83. The maximum absolute atomic E-state index is 9.69. The number of hydrogen-bond acceptors (Lipinski definition) is 6. The van der Waals surface area contributed by atoms with E-state index in [4.69, 9.17) is 4.74 Å². The number of aliphatic hydroxyl groups is 1.